The lowest BCUT2D eigenvalue weighted by Gasteiger charge is -2.38. The second-order valence-corrected chi connectivity index (χ2v) is 8.98. The van der Waals surface area contributed by atoms with Crippen molar-refractivity contribution in [1.29, 1.82) is 0 Å². The summed E-state index contributed by atoms with van der Waals surface area (Å²) in [4.78, 5) is 0. The van der Waals surface area contributed by atoms with E-state index in [2.05, 4.69) is 127 Å². The van der Waals surface area contributed by atoms with Gasteiger partial charge in [-0.3, -0.25) is 0 Å². The third kappa shape index (κ3) is 3.74. The first-order valence-corrected chi connectivity index (χ1v) is 12.4. The Balaban J connectivity index is 2.10. The Labute approximate surface area is 204 Å². The smallest absolute Gasteiger partial charge is 0.177 e. The van der Waals surface area contributed by atoms with Crippen LogP contribution in [0.3, 0.4) is 0 Å². The van der Waals surface area contributed by atoms with Crippen LogP contribution in [-0.4, -0.2) is 0 Å². The van der Waals surface area contributed by atoms with Crippen molar-refractivity contribution in [3.05, 3.63) is 111 Å². The van der Waals surface area contributed by atoms with E-state index in [9.17, 15) is 0 Å². The maximum atomic E-state index is 7.17. The number of benzene rings is 2. The molecule has 174 valence electrons. The fourth-order valence-electron chi connectivity index (χ4n) is 5.50. The number of fused-ring (bicyclic) bond motifs is 3. The molecule has 0 saturated heterocycles. The molecule has 1 atom stereocenters. The number of hydrogen-bond acceptors (Lipinski definition) is 1. The summed E-state index contributed by atoms with van der Waals surface area (Å²) in [5, 5.41) is 2.45. The van der Waals surface area contributed by atoms with Gasteiger partial charge in [0.15, 0.2) is 5.60 Å². The molecule has 2 aliphatic rings. The summed E-state index contributed by atoms with van der Waals surface area (Å²) in [6, 6.07) is 10.6. The van der Waals surface area contributed by atoms with Crippen molar-refractivity contribution in [2.45, 2.75) is 60.0 Å². The van der Waals surface area contributed by atoms with E-state index in [0.717, 1.165) is 29.7 Å². The van der Waals surface area contributed by atoms with E-state index in [1.807, 2.05) is 0 Å². The topological polar surface area (TPSA) is 9.23 Å². The average Bonchev–Trinajstić information content (AvgIpc) is 2.88. The van der Waals surface area contributed by atoms with Crippen molar-refractivity contribution in [1.82, 2.24) is 0 Å². The molecule has 0 aromatic heterocycles. The molecule has 1 unspecified atom stereocenters. The van der Waals surface area contributed by atoms with Crippen molar-refractivity contribution in [2.24, 2.45) is 0 Å². The Hall–Kier alpha value is -3.32. The predicted molar refractivity (Wildman–Crippen MR) is 148 cm³/mol. The molecule has 2 aromatic carbocycles. The number of allylic oxidation sites excluding steroid dienone is 6. The molecular formula is C33H36O. The molecule has 0 saturated carbocycles. The molecule has 1 aliphatic carbocycles. The summed E-state index contributed by atoms with van der Waals surface area (Å²) in [5.41, 5.74) is 8.42. The van der Waals surface area contributed by atoms with Gasteiger partial charge in [0.25, 0.3) is 0 Å². The molecule has 0 bridgehead atoms. The van der Waals surface area contributed by atoms with Gasteiger partial charge in [-0.15, -0.1) is 0 Å². The van der Waals surface area contributed by atoms with Gasteiger partial charge in [-0.1, -0.05) is 84.5 Å². The van der Waals surface area contributed by atoms with E-state index >= 15 is 0 Å². The molecule has 0 N–H and O–H groups in total. The second-order valence-electron chi connectivity index (χ2n) is 8.98. The van der Waals surface area contributed by atoms with E-state index in [-0.39, 0.29) is 0 Å². The Morgan fingerprint density at radius 1 is 0.912 bits per heavy atom. The summed E-state index contributed by atoms with van der Waals surface area (Å²) >= 11 is 0. The third-order valence-electron chi connectivity index (χ3n) is 7.10. The van der Waals surface area contributed by atoms with Gasteiger partial charge in [0, 0.05) is 16.3 Å². The fourth-order valence-corrected chi connectivity index (χ4v) is 5.50. The van der Waals surface area contributed by atoms with Crippen LogP contribution >= 0.6 is 0 Å². The molecule has 1 heterocycles. The van der Waals surface area contributed by atoms with Gasteiger partial charge in [0.05, 0.1) is 0 Å². The monoisotopic (exact) mass is 448 g/mol. The number of hydrogen-bond donors (Lipinski definition) is 0. The lowest BCUT2D eigenvalue weighted by atomic mass is 9.78. The molecular weight excluding hydrogens is 412 g/mol. The van der Waals surface area contributed by atoms with Gasteiger partial charge in [-0.05, 0) is 88.0 Å². The van der Waals surface area contributed by atoms with Gasteiger partial charge in [-0.25, -0.2) is 0 Å². The van der Waals surface area contributed by atoms with Gasteiger partial charge >= 0.3 is 0 Å². The predicted octanol–water partition coefficient (Wildman–Crippen LogP) is 7.41. The van der Waals surface area contributed by atoms with E-state index < -0.39 is 5.60 Å². The lowest BCUT2D eigenvalue weighted by molar-refractivity contribution is 0.158. The van der Waals surface area contributed by atoms with Crippen molar-refractivity contribution in [2.75, 3.05) is 0 Å². The third-order valence-corrected chi connectivity index (χ3v) is 7.10. The summed E-state index contributed by atoms with van der Waals surface area (Å²) in [7, 11) is 0. The van der Waals surface area contributed by atoms with Crippen molar-refractivity contribution >= 4 is 23.8 Å². The summed E-state index contributed by atoms with van der Waals surface area (Å²) in [6.45, 7) is 12.8. The molecule has 1 nitrogen and oxygen atoms in total. The zero-order valence-electron chi connectivity index (χ0n) is 21.4. The second kappa shape index (κ2) is 9.89. The highest BCUT2D eigenvalue weighted by atomic mass is 16.5. The van der Waals surface area contributed by atoms with Gasteiger partial charge in [-0.2, -0.15) is 0 Å². The van der Waals surface area contributed by atoms with Crippen molar-refractivity contribution in [3.8, 4) is 5.75 Å². The first kappa shape index (κ1) is 23.8. The maximum Gasteiger partial charge on any atom is 0.177 e. The Bertz CT molecular complexity index is 1360. The molecule has 0 fully saturated rings. The van der Waals surface area contributed by atoms with Gasteiger partial charge < -0.3 is 4.74 Å². The minimum Gasteiger partial charge on any atom is -0.472 e. The molecule has 1 aliphatic heterocycles. The van der Waals surface area contributed by atoms with Crippen LogP contribution in [0.2, 0.25) is 0 Å². The van der Waals surface area contributed by atoms with Crippen LogP contribution in [0, 0.1) is 0 Å². The molecule has 1 heteroatoms. The summed E-state index contributed by atoms with van der Waals surface area (Å²) in [6.07, 6.45) is 22.0. The maximum absolute atomic E-state index is 7.17. The van der Waals surface area contributed by atoms with E-state index in [0.29, 0.717) is 0 Å². The minimum absolute atomic E-state index is 0.668. The van der Waals surface area contributed by atoms with Crippen molar-refractivity contribution < 1.29 is 4.74 Å². The van der Waals surface area contributed by atoms with Gasteiger partial charge in [0.1, 0.15) is 5.75 Å². The zero-order valence-corrected chi connectivity index (χ0v) is 21.4. The quantitative estimate of drug-likeness (QED) is 0.443. The summed E-state index contributed by atoms with van der Waals surface area (Å²) < 4.78 is 7.17. The first-order chi connectivity index (χ1) is 16.6. The minimum atomic E-state index is -0.668. The highest BCUT2D eigenvalue weighted by molar-refractivity contribution is 5.85. The zero-order chi connectivity index (χ0) is 24.3. The Morgan fingerprint density at radius 3 is 2.26 bits per heavy atom. The lowest BCUT2D eigenvalue weighted by Crippen LogP contribution is -2.41. The van der Waals surface area contributed by atoms with Gasteiger partial charge in [0.2, 0.25) is 0 Å². The molecule has 0 spiro atoms. The Kier molecular flexibility index (Phi) is 6.93. The molecule has 34 heavy (non-hydrogen) atoms. The first-order valence-electron chi connectivity index (χ1n) is 12.4. The summed E-state index contributed by atoms with van der Waals surface area (Å²) in [5.74, 6) is 0.990. The normalized spacial score (nSPS) is 21.4. The molecule has 0 amide bonds. The van der Waals surface area contributed by atoms with Crippen LogP contribution in [0.5, 0.6) is 5.75 Å². The number of rotatable bonds is 4. The van der Waals surface area contributed by atoms with E-state index in [1.54, 1.807) is 0 Å². The van der Waals surface area contributed by atoms with Crippen molar-refractivity contribution in [3.63, 3.8) is 0 Å². The molecule has 0 radical (unpaired) electrons. The highest BCUT2D eigenvalue weighted by Gasteiger charge is 2.39. The van der Waals surface area contributed by atoms with Crippen LogP contribution < -0.4 is 15.2 Å². The van der Waals surface area contributed by atoms with E-state index in [4.69, 9.17) is 4.74 Å². The Morgan fingerprint density at radius 2 is 1.65 bits per heavy atom. The van der Waals surface area contributed by atoms with Crippen LogP contribution in [0.25, 0.3) is 23.8 Å². The largest absolute Gasteiger partial charge is 0.472 e. The highest BCUT2D eigenvalue weighted by Crippen LogP contribution is 2.44. The average molecular weight is 449 g/mol. The van der Waals surface area contributed by atoms with E-state index in [1.165, 1.54) is 38.3 Å². The van der Waals surface area contributed by atoms with Crippen LogP contribution in [-0.2, 0) is 12.0 Å². The number of ether oxygens (including phenoxy) is 1. The van der Waals surface area contributed by atoms with Crippen LogP contribution in [0.1, 0.15) is 70.2 Å². The fraction of sp³-hybridized carbons (Fsp3) is 0.273. The SMILES string of the molecule is C/C=C\C1=C(C)CCc2c3c(c(=C/C)/c(=C\C)c21)OC(C(/C=C\C)=C/C)(c1ccccc1)C=C3. The standard InChI is InChI=1S/C33H36O/c1-7-15-24(9-3)33(25-17-13-12-14-18-25)22-21-30-29-20-19-23(6)28(16-8-2)31(29)26(10-4)27(11-5)32(30)34-33/h7-18,21-22H,19-20H2,1-6H3/b15-7-,16-8-,24-9+,26-10+,27-11+. The van der Waals surface area contributed by atoms with Crippen LogP contribution in [0.4, 0.5) is 0 Å². The molecule has 2 aromatic rings. The molecule has 4 rings (SSSR count). The van der Waals surface area contributed by atoms with Crippen LogP contribution in [0.15, 0.2) is 77.9 Å².